The van der Waals surface area contributed by atoms with Crippen LogP contribution in [0.15, 0.2) is 53.5 Å². The molecule has 0 aliphatic heterocycles. The summed E-state index contributed by atoms with van der Waals surface area (Å²) in [5, 5.41) is 2.51. The van der Waals surface area contributed by atoms with Gasteiger partial charge in [0.2, 0.25) is 0 Å². The first kappa shape index (κ1) is 13.7. The number of hydrogen-bond acceptors (Lipinski definition) is 3. The third-order valence-corrected chi connectivity index (χ3v) is 2.87. The van der Waals surface area contributed by atoms with Crippen LogP contribution in [0.5, 0.6) is 0 Å². The molecule has 0 fully saturated rings. The highest BCUT2D eigenvalue weighted by molar-refractivity contribution is 6.02. The molecule has 1 N–H and O–H groups in total. The number of pyridine rings is 1. The lowest BCUT2D eigenvalue weighted by Gasteiger charge is -2.05. The topological polar surface area (TPSA) is 68.2 Å². The molecule has 5 heteroatoms. The lowest BCUT2D eigenvalue weighted by Crippen LogP contribution is -2.30. The number of carbonyl (C=O) groups is 2. The van der Waals surface area contributed by atoms with Gasteiger partial charge in [0.15, 0.2) is 5.78 Å². The third-order valence-electron chi connectivity index (χ3n) is 2.87. The number of carbonyl (C=O) groups excluding carboxylic acids is 2. The van der Waals surface area contributed by atoms with Gasteiger partial charge in [0.25, 0.3) is 11.5 Å². The molecule has 0 saturated carbocycles. The summed E-state index contributed by atoms with van der Waals surface area (Å²) in [5.74, 6) is -0.616. The maximum atomic E-state index is 11.8. The Balaban J connectivity index is 2.00. The molecule has 0 atom stereocenters. The van der Waals surface area contributed by atoms with Gasteiger partial charge in [0.1, 0.15) is 0 Å². The van der Waals surface area contributed by atoms with Crippen LogP contribution in [0.4, 0.5) is 0 Å². The molecule has 1 aromatic heterocycles. The van der Waals surface area contributed by atoms with E-state index in [-0.39, 0.29) is 23.5 Å². The van der Waals surface area contributed by atoms with Crippen molar-refractivity contribution in [1.82, 2.24) is 9.88 Å². The summed E-state index contributed by atoms with van der Waals surface area (Å²) < 4.78 is 1.37. The number of aromatic nitrogens is 1. The molecule has 102 valence electrons. The normalized spacial score (nSPS) is 10.1. The van der Waals surface area contributed by atoms with E-state index >= 15 is 0 Å². The van der Waals surface area contributed by atoms with E-state index in [2.05, 4.69) is 5.32 Å². The molecule has 0 saturated heterocycles. The van der Waals surface area contributed by atoms with E-state index in [1.165, 1.54) is 22.9 Å². The molecule has 5 nitrogen and oxygen atoms in total. The van der Waals surface area contributed by atoms with E-state index in [1.54, 1.807) is 31.3 Å². The highest BCUT2D eigenvalue weighted by Crippen LogP contribution is 1.99. The van der Waals surface area contributed by atoms with Gasteiger partial charge in [-0.15, -0.1) is 0 Å². The van der Waals surface area contributed by atoms with Crippen LogP contribution in [0.1, 0.15) is 20.7 Å². The number of rotatable bonds is 4. The van der Waals surface area contributed by atoms with Gasteiger partial charge in [0, 0.05) is 30.4 Å². The minimum Gasteiger partial charge on any atom is -0.345 e. The summed E-state index contributed by atoms with van der Waals surface area (Å²) in [4.78, 5) is 35.1. The first-order chi connectivity index (χ1) is 9.58. The van der Waals surface area contributed by atoms with Gasteiger partial charge < -0.3 is 9.88 Å². The summed E-state index contributed by atoms with van der Waals surface area (Å²) in [5.41, 5.74) is 0.512. The fourth-order valence-electron chi connectivity index (χ4n) is 1.68. The molecule has 2 rings (SSSR count). The summed E-state index contributed by atoms with van der Waals surface area (Å²) in [6, 6.07) is 11.5. The molecule has 0 aliphatic carbocycles. The Kier molecular flexibility index (Phi) is 4.10. The maximum Gasteiger partial charge on any atom is 0.251 e. The minimum atomic E-state index is -0.438. The van der Waals surface area contributed by atoms with Gasteiger partial charge in [0.05, 0.1) is 6.54 Å². The smallest absolute Gasteiger partial charge is 0.251 e. The Morgan fingerprint density at radius 2 is 1.80 bits per heavy atom. The van der Waals surface area contributed by atoms with Crippen molar-refractivity contribution >= 4 is 11.7 Å². The predicted octanol–water partition coefficient (Wildman–Crippen LogP) is 0.998. The molecule has 0 radical (unpaired) electrons. The van der Waals surface area contributed by atoms with Crippen LogP contribution in [-0.2, 0) is 7.05 Å². The Morgan fingerprint density at radius 3 is 2.45 bits per heavy atom. The molecular formula is C15H14N2O3. The number of aryl methyl sites for hydroxylation is 1. The van der Waals surface area contributed by atoms with E-state index in [4.69, 9.17) is 0 Å². The van der Waals surface area contributed by atoms with E-state index in [0.717, 1.165) is 0 Å². The van der Waals surface area contributed by atoms with Crippen molar-refractivity contribution < 1.29 is 9.59 Å². The van der Waals surface area contributed by atoms with Gasteiger partial charge in [-0.3, -0.25) is 14.4 Å². The molecular weight excluding hydrogens is 256 g/mol. The first-order valence-electron chi connectivity index (χ1n) is 6.11. The Hall–Kier alpha value is -2.69. The van der Waals surface area contributed by atoms with Crippen molar-refractivity contribution in [2.45, 2.75) is 0 Å². The van der Waals surface area contributed by atoms with Crippen molar-refractivity contribution in [3.8, 4) is 0 Å². The van der Waals surface area contributed by atoms with Gasteiger partial charge in [-0.05, 0) is 6.07 Å². The quantitative estimate of drug-likeness (QED) is 0.843. The number of nitrogens with one attached hydrogen (secondary N) is 1. The number of hydrogen-bond donors (Lipinski definition) is 1. The summed E-state index contributed by atoms with van der Waals surface area (Å²) >= 11 is 0. The summed E-state index contributed by atoms with van der Waals surface area (Å²) in [6.07, 6.45) is 1.51. The molecule has 1 aromatic carbocycles. The fourth-order valence-corrected chi connectivity index (χ4v) is 1.68. The van der Waals surface area contributed by atoms with Crippen LogP contribution in [0.3, 0.4) is 0 Å². The highest BCUT2D eigenvalue weighted by atomic mass is 16.2. The predicted molar refractivity (Wildman–Crippen MR) is 74.8 cm³/mol. The van der Waals surface area contributed by atoms with Crippen molar-refractivity contribution in [1.29, 1.82) is 0 Å². The standard InChI is InChI=1S/C15H14N2O3/c1-17-8-7-12(9-14(17)19)15(20)16-10-13(18)11-5-3-2-4-6-11/h2-9H,10H2,1H3,(H,16,20). The number of amides is 1. The fraction of sp³-hybridized carbons (Fsp3) is 0.133. The molecule has 1 heterocycles. The van der Waals surface area contributed by atoms with Crippen molar-refractivity contribution in [3.63, 3.8) is 0 Å². The second-order valence-electron chi connectivity index (χ2n) is 4.34. The van der Waals surface area contributed by atoms with Crippen LogP contribution in [0.2, 0.25) is 0 Å². The number of benzene rings is 1. The Labute approximate surface area is 115 Å². The SMILES string of the molecule is Cn1ccc(C(=O)NCC(=O)c2ccccc2)cc1=O. The second kappa shape index (κ2) is 5.97. The average molecular weight is 270 g/mol. The summed E-state index contributed by atoms with van der Waals surface area (Å²) in [6.45, 7) is -0.0992. The zero-order chi connectivity index (χ0) is 14.5. The minimum absolute atomic E-state index is 0.0992. The lowest BCUT2D eigenvalue weighted by molar-refractivity contribution is 0.0904. The highest BCUT2D eigenvalue weighted by Gasteiger charge is 2.10. The molecule has 0 aliphatic rings. The lowest BCUT2D eigenvalue weighted by atomic mass is 10.1. The van der Waals surface area contributed by atoms with E-state index in [0.29, 0.717) is 5.56 Å². The zero-order valence-electron chi connectivity index (χ0n) is 11.0. The molecule has 0 unspecified atom stereocenters. The van der Waals surface area contributed by atoms with E-state index < -0.39 is 5.91 Å². The van der Waals surface area contributed by atoms with Gasteiger partial charge in [-0.25, -0.2) is 0 Å². The van der Waals surface area contributed by atoms with Crippen molar-refractivity contribution in [3.05, 3.63) is 70.1 Å². The largest absolute Gasteiger partial charge is 0.345 e. The van der Waals surface area contributed by atoms with Crippen LogP contribution in [0, 0.1) is 0 Å². The monoisotopic (exact) mass is 270 g/mol. The summed E-state index contributed by atoms with van der Waals surface area (Å²) in [7, 11) is 1.60. The van der Waals surface area contributed by atoms with Gasteiger partial charge >= 0.3 is 0 Å². The molecule has 0 spiro atoms. The van der Waals surface area contributed by atoms with E-state index in [9.17, 15) is 14.4 Å². The first-order valence-corrected chi connectivity index (χ1v) is 6.11. The molecule has 0 bridgehead atoms. The van der Waals surface area contributed by atoms with Crippen molar-refractivity contribution in [2.75, 3.05) is 6.54 Å². The van der Waals surface area contributed by atoms with Crippen LogP contribution in [-0.4, -0.2) is 22.8 Å². The van der Waals surface area contributed by atoms with Crippen LogP contribution < -0.4 is 10.9 Å². The van der Waals surface area contributed by atoms with Crippen molar-refractivity contribution in [2.24, 2.45) is 7.05 Å². The number of nitrogens with zero attached hydrogens (tertiary/aromatic N) is 1. The average Bonchev–Trinajstić information content (AvgIpc) is 2.48. The van der Waals surface area contributed by atoms with E-state index in [1.807, 2.05) is 6.07 Å². The Bertz CT molecular complexity index is 690. The number of Topliss-reactive ketones (excluding diaryl/α,β-unsaturated/α-hetero) is 1. The number of ketones is 1. The maximum absolute atomic E-state index is 11.8. The van der Waals surface area contributed by atoms with Crippen LogP contribution >= 0.6 is 0 Å². The van der Waals surface area contributed by atoms with Gasteiger partial charge in [-0.2, -0.15) is 0 Å². The molecule has 2 aromatic rings. The zero-order valence-corrected chi connectivity index (χ0v) is 11.0. The third kappa shape index (κ3) is 3.20. The second-order valence-corrected chi connectivity index (χ2v) is 4.34. The van der Waals surface area contributed by atoms with Crippen LogP contribution in [0.25, 0.3) is 0 Å². The Morgan fingerprint density at radius 1 is 1.10 bits per heavy atom. The molecule has 1 amide bonds. The molecule has 20 heavy (non-hydrogen) atoms. The van der Waals surface area contributed by atoms with Gasteiger partial charge in [-0.1, -0.05) is 30.3 Å².